The van der Waals surface area contributed by atoms with E-state index in [1.165, 1.54) is 12.0 Å². The van der Waals surface area contributed by atoms with Crippen molar-refractivity contribution in [2.75, 3.05) is 0 Å². The Morgan fingerprint density at radius 3 is 2.86 bits per heavy atom. The van der Waals surface area contributed by atoms with E-state index in [2.05, 4.69) is 37.9 Å². The Kier molecular flexibility index (Phi) is 2.18. The first-order valence-corrected chi connectivity index (χ1v) is 7.05. The fourth-order valence-electron chi connectivity index (χ4n) is 3.31. The molecule has 2 saturated carbocycles. The quantitative estimate of drug-likeness (QED) is 0.495. The second-order valence-electron chi connectivity index (χ2n) is 4.58. The van der Waals surface area contributed by atoms with E-state index in [0.717, 1.165) is 18.8 Å². The molecular weight excluding hydrogens is 308 g/mol. The van der Waals surface area contributed by atoms with Gasteiger partial charge in [0, 0.05) is 10.7 Å². The maximum Gasteiger partial charge on any atom is 0.150 e. The van der Waals surface area contributed by atoms with Gasteiger partial charge < -0.3 is 0 Å². The highest BCUT2D eigenvalue weighted by Gasteiger charge is 2.55. The van der Waals surface area contributed by atoms with Gasteiger partial charge in [-0.3, -0.25) is 4.79 Å². The van der Waals surface area contributed by atoms with Gasteiger partial charge in [-0.15, -0.1) is 0 Å². The van der Waals surface area contributed by atoms with Crippen LogP contribution < -0.4 is 0 Å². The van der Waals surface area contributed by atoms with Crippen molar-refractivity contribution in [3.05, 3.63) is 11.6 Å². The molecule has 0 N–H and O–H groups in total. The van der Waals surface area contributed by atoms with Crippen LogP contribution in [0, 0.1) is 17.8 Å². The van der Waals surface area contributed by atoms with Gasteiger partial charge in [-0.05, 0) is 31.1 Å². The number of allylic oxidation sites excluding steroid dienone is 2. The van der Waals surface area contributed by atoms with Gasteiger partial charge in [0.1, 0.15) is 5.78 Å². The predicted molar refractivity (Wildman–Crippen MR) is 62.8 cm³/mol. The first kappa shape index (κ1) is 9.59. The Balaban J connectivity index is 1.99. The van der Waals surface area contributed by atoms with E-state index in [9.17, 15) is 4.79 Å². The molecule has 0 saturated heterocycles. The number of alkyl halides is 2. The minimum absolute atomic E-state index is 0.0732. The standard InChI is InChI=1S/C11H12Br2O/c12-8-4-3-6-9-5(10(6)13)1-2-7(9)11(8)14/h3,5,7-10H,1-2,4H2/t5-,7+,8?,9+,10+/m0/s1. The van der Waals surface area contributed by atoms with Gasteiger partial charge in [0.2, 0.25) is 0 Å². The van der Waals surface area contributed by atoms with E-state index >= 15 is 0 Å². The number of hydrogen-bond donors (Lipinski definition) is 0. The molecule has 1 nitrogen and oxygen atoms in total. The van der Waals surface area contributed by atoms with Crippen molar-refractivity contribution in [1.82, 2.24) is 0 Å². The summed E-state index contributed by atoms with van der Waals surface area (Å²) in [7, 11) is 0. The van der Waals surface area contributed by atoms with Gasteiger partial charge in [-0.2, -0.15) is 0 Å². The largest absolute Gasteiger partial charge is 0.298 e. The number of hydrogen-bond acceptors (Lipinski definition) is 1. The third-order valence-corrected chi connectivity index (χ3v) is 6.05. The Hall–Kier alpha value is 0.370. The lowest BCUT2D eigenvalue weighted by Crippen LogP contribution is -2.41. The molecule has 76 valence electrons. The van der Waals surface area contributed by atoms with Gasteiger partial charge in [-0.1, -0.05) is 43.5 Å². The van der Waals surface area contributed by atoms with Crippen LogP contribution in [-0.2, 0) is 4.79 Å². The molecule has 1 unspecified atom stereocenters. The molecule has 2 fully saturated rings. The highest BCUT2D eigenvalue weighted by molar-refractivity contribution is 9.10. The number of ketones is 1. The van der Waals surface area contributed by atoms with Gasteiger partial charge in [-0.25, -0.2) is 0 Å². The summed E-state index contributed by atoms with van der Waals surface area (Å²) in [5.41, 5.74) is 1.51. The fraction of sp³-hybridized carbons (Fsp3) is 0.727. The normalized spacial score (nSPS) is 50.6. The summed E-state index contributed by atoms with van der Waals surface area (Å²) in [5.74, 6) is 2.11. The molecule has 0 aromatic rings. The molecule has 0 aromatic heterocycles. The average Bonchev–Trinajstić information content (AvgIpc) is 2.52. The van der Waals surface area contributed by atoms with Crippen molar-refractivity contribution in [3.63, 3.8) is 0 Å². The third kappa shape index (κ3) is 1.09. The SMILES string of the molecule is O=C1C(Br)CC=C2[C@H]3[C@H](CC[C@@H]13)[C@H]2Br. The minimum atomic E-state index is 0.0732. The molecule has 14 heavy (non-hydrogen) atoms. The van der Waals surface area contributed by atoms with E-state index in [1.807, 2.05) is 0 Å². The predicted octanol–water partition coefficient (Wildman–Crippen LogP) is 3.07. The van der Waals surface area contributed by atoms with Gasteiger partial charge >= 0.3 is 0 Å². The van der Waals surface area contributed by atoms with Crippen LogP contribution in [0.25, 0.3) is 0 Å². The topological polar surface area (TPSA) is 17.1 Å². The molecule has 0 heterocycles. The molecule has 0 amide bonds. The molecular formula is C11H12Br2O. The van der Waals surface area contributed by atoms with E-state index in [4.69, 9.17) is 0 Å². The van der Waals surface area contributed by atoms with Gasteiger partial charge in [0.25, 0.3) is 0 Å². The Morgan fingerprint density at radius 2 is 2.07 bits per heavy atom. The molecule has 3 rings (SSSR count). The van der Waals surface area contributed by atoms with Crippen molar-refractivity contribution in [3.8, 4) is 0 Å². The van der Waals surface area contributed by atoms with E-state index in [1.54, 1.807) is 0 Å². The van der Waals surface area contributed by atoms with Crippen LogP contribution >= 0.6 is 31.9 Å². The number of rotatable bonds is 0. The number of carbonyl (C=O) groups is 1. The van der Waals surface area contributed by atoms with Crippen LogP contribution in [-0.4, -0.2) is 15.4 Å². The minimum Gasteiger partial charge on any atom is -0.298 e. The van der Waals surface area contributed by atoms with Crippen LogP contribution in [0.1, 0.15) is 19.3 Å². The highest BCUT2D eigenvalue weighted by atomic mass is 79.9. The van der Waals surface area contributed by atoms with Crippen molar-refractivity contribution in [1.29, 1.82) is 0 Å². The second-order valence-corrected chi connectivity index (χ2v) is 6.68. The zero-order chi connectivity index (χ0) is 9.87. The van der Waals surface area contributed by atoms with E-state index in [0.29, 0.717) is 22.4 Å². The van der Waals surface area contributed by atoms with E-state index in [-0.39, 0.29) is 4.83 Å². The fourth-order valence-corrected chi connectivity index (χ4v) is 4.92. The van der Waals surface area contributed by atoms with E-state index < -0.39 is 0 Å². The first-order chi connectivity index (χ1) is 6.70. The lowest BCUT2D eigenvalue weighted by Gasteiger charge is -2.42. The Bertz CT molecular complexity index is 323. The van der Waals surface area contributed by atoms with Crippen LogP contribution in [0.15, 0.2) is 11.6 Å². The smallest absolute Gasteiger partial charge is 0.150 e. The second kappa shape index (κ2) is 3.18. The van der Waals surface area contributed by atoms with Crippen LogP contribution in [0.5, 0.6) is 0 Å². The summed E-state index contributed by atoms with van der Waals surface area (Å²) < 4.78 is 0. The summed E-state index contributed by atoms with van der Waals surface area (Å²) in [6.45, 7) is 0. The summed E-state index contributed by atoms with van der Waals surface area (Å²) in [4.78, 5) is 12.6. The number of Topliss-reactive ketones (excluding diaryl/α,β-unsaturated/α-hetero) is 1. The molecule has 0 spiro atoms. The Labute approximate surface area is 101 Å². The summed E-state index contributed by atoms with van der Waals surface area (Å²) in [5, 5.41) is 0. The lowest BCUT2D eigenvalue weighted by molar-refractivity contribution is -0.123. The van der Waals surface area contributed by atoms with Crippen molar-refractivity contribution >= 4 is 37.6 Å². The molecule has 5 atom stereocenters. The van der Waals surface area contributed by atoms with Crippen LogP contribution in [0.3, 0.4) is 0 Å². The highest BCUT2D eigenvalue weighted by Crippen LogP contribution is 2.58. The molecule has 0 bridgehead atoms. The molecule has 3 aliphatic rings. The zero-order valence-corrected chi connectivity index (χ0v) is 10.9. The van der Waals surface area contributed by atoms with Gasteiger partial charge in [0.05, 0.1) is 4.83 Å². The maximum absolute atomic E-state index is 12.0. The summed E-state index contributed by atoms with van der Waals surface area (Å²) in [6.07, 6.45) is 5.50. The molecule has 3 heteroatoms. The van der Waals surface area contributed by atoms with Crippen molar-refractivity contribution in [2.45, 2.75) is 28.9 Å². The van der Waals surface area contributed by atoms with Crippen LogP contribution in [0.2, 0.25) is 0 Å². The monoisotopic (exact) mass is 318 g/mol. The average molecular weight is 320 g/mol. The Morgan fingerprint density at radius 1 is 1.29 bits per heavy atom. The molecule has 0 radical (unpaired) electrons. The van der Waals surface area contributed by atoms with Crippen LogP contribution in [0.4, 0.5) is 0 Å². The lowest BCUT2D eigenvalue weighted by atomic mass is 9.68. The number of carbonyl (C=O) groups excluding carboxylic acids is 1. The third-order valence-electron chi connectivity index (χ3n) is 4.02. The van der Waals surface area contributed by atoms with Crippen molar-refractivity contribution < 1.29 is 4.79 Å². The molecule has 0 aliphatic heterocycles. The maximum atomic E-state index is 12.0. The molecule has 0 aromatic carbocycles. The van der Waals surface area contributed by atoms with Gasteiger partial charge in [0.15, 0.2) is 0 Å². The zero-order valence-electron chi connectivity index (χ0n) is 7.75. The summed E-state index contributed by atoms with van der Waals surface area (Å²) >= 11 is 7.23. The van der Waals surface area contributed by atoms with Crippen molar-refractivity contribution in [2.24, 2.45) is 17.8 Å². The molecule has 3 aliphatic carbocycles. The summed E-state index contributed by atoms with van der Waals surface area (Å²) in [6, 6.07) is 0. The number of halogens is 2. The first-order valence-electron chi connectivity index (χ1n) is 5.22.